The first-order chi connectivity index (χ1) is 8.78. The van der Waals surface area contributed by atoms with E-state index in [9.17, 15) is 0 Å². The second-order valence-corrected chi connectivity index (χ2v) is 3.51. The largest absolute Gasteiger partial charge is 0.495 e. The Kier molecular flexibility index (Phi) is 6.59. The highest BCUT2D eigenvalue weighted by atomic mass is 16.7. The summed E-state index contributed by atoms with van der Waals surface area (Å²) in [7, 11) is 1.59. The van der Waals surface area contributed by atoms with Crippen molar-refractivity contribution in [1.82, 2.24) is 10.4 Å². The maximum Gasteiger partial charge on any atom is 0.179 e. The van der Waals surface area contributed by atoms with Crippen molar-refractivity contribution in [2.45, 2.75) is 26.2 Å². The van der Waals surface area contributed by atoms with E-state index in [-0.39, 0.29) is 6.04 Å². The molecule has 1 heterocycles. The summed E-state index contributed by atoms with van der Waals surface area (Å²) in [5.41, 5.74) is 3.33. The molecule has 0 aliphatic rings. The van der Waals surface area contributed by atoms with Gasteiger partial charge in [0.15, 0.2) is 6.29 Å². The van der Waals surface area contributed by atoms with Crippen molar-refractivity contribution in [3.05, 3.63) is 24.0 Å². The van der Waals surface area contributed by atoms with Gasteiger partial charge in [-0.3, -0.25) is 10.8 Å². The summed E-state index contributed by atoms with van der Waals surface area (Å²) in [5.74, 6) is 6.23. The molecule has 0 aliphatic heterocycles. The summed E-state index contributed by atoms with van der Waals surface area (Å²) in [4.78, 5) is 4.28. The Morgan fingerprint density at radius 1 is 1.33 bits per heavy atom. The maximum absolute atomic E-state index is 5.58. The van der Waals surface area contributed by atoms with Crippen LogP contribution in [-0.4, -0.2) is 31.6 Å². The number of hydrogen-bond donors (Lipinski definition) is 2. The van der Waals surface area contributed by atoms with E-state index in [1.807, 2.05) is 19.9 Å². The van der Waals surface area contributed by atoms with E-state index in [1.54, 1.807) is 19.4 Å². The number of hydrogen-bond acceptors (Lipinski definition) is 6. The van der Waals surface area contributed by atoms with Crippen LogP contribution in [0.15, 0.2) is 18.3 Å². The van der Waals surface area contributed by atoms with Gasteiger partial charge in [0.1, 0.15) is 17.5 Å². The number of hydrazine groups is 1. The fourth-order valence-electron chi connectivity index (χ4n) is 1.66. The molecular weight excluding hydrogens is 234 g/mol. The highest BCUT2D eigenvalue weighted by Gasteiger charge is 2.27. The van der Waals surface area contributed by atoms with Crippen LogP contribution in [0.25, 0.3) is 0 Å². The van der Waals surface area contributed by atoms with Crippen LogP contribution in [0.5, 0.6) is 5.75 Å². The molecule has 1 aromatic heterocycles. The number of nitrogens with zero attached hydrogens (tertiary/aromatic N) is 1. The standard InChI is InChI=1S/C12H21N3O3/c1-4-17-12(18-5-2)11(15-13)10-9(16-3)7-6-8-14-10/h6-8,11-12,15H,4-5,13H2,1-3H3. The van der Waals surface area contributed by atoms with Crippen molar-refractivity contribution in [2.24, 2.45) is 5.84 Å². The number of pyridine rings is 1. The molecule has 0 saturated heterocycles. The number of nitrogens with one attached hydrogen (secondary N) is 1. The van der Waals surface area contributed by atoms with Crippen molar-refractivity contribution in [3.8, 4) is 5.75 Å². The average molecular weight is 255 g/mol. The summed E-state index contributed by atoms with van der Waals surface area (Å²) in [6.07, 6.45) is 1.17. The monoisotopic (exact) mass is 255 g/mol. The van der Waals surface area contributed by atoms with Gasteiger partial charge >= 0.3 is 0 Å². The zero-order chi connectivity index (χ0) is 13.4. The second-order valence-electron chi connectivity index (χ2n) is 3.51. The Labute approximate surface area is 107 Å². The third-order valence-corrected chi connectivity index (χ3v) is 2.43. The van der Waals surface area contributed by atoms with Crippen LogP contribution in [0.4, 0.5) is 0 Å². The van der Waals surface area contributed by atoms with Gasteiger partial charge in [-0.25, -0.2) is 5.43 Å². The second kappa shape index (κ2) is 7.99. The van der Waals surface area contributed by atoms with E-state index in [0.29, 0.717) is 24.7 Å². The fourth-order valence-corrected chi connectivity index (χ4v) is 1.66. The molecule has 0 spiro atoms. The average Bonchev–Trinajstić information content (AvgIpc) is 2.40. The third-order valence-electron chi connectivity index (χ3n) is 2.43. The van der Waals surface area contributed by atoms with Gasteiger partial charge in [-0.1, -0.05) is 0 Å². The van der Waals surface area contributed by atoms with E-state index < -0.39 is 6.29 Å². The lowest BCUT2D eigenvalue weighted by Crippen LogP contribution is -2.40. The Morgan fingerprint density at radius 2 is 2.00 bits per heavy atom. The highest BCUT2D eigenvalue weighted by molar-refractivity contribution is 5.29. The SMILES string of the molecule is CCOC(OCC)C(NN)c1ncccc1OC. The van der Waals surface area contributed by atoms with Crippen LogP contribution in [0.3, 0.4) is 0 Å². The third kappa shape index (κ3) is 3.64. The molecule has 18 heavy (non-hydrogen) atoms. The molecule has 6 nitrogen and oxygen atoms in total. The lowest BCUT2D eigenvalue weighted by molar-refractivity contribution is -0.156. The summed E-state index contributed by atoms with van der Waals surface area (Å²) in [5, 5.41) is 0. The van der Waals surface area contributed by atoms with Gasteiger partial charge in [0, 0.05) is 19.4 Å². The minimum absolute atomic E-state index is 0.388. The molecule has 0 radical (unpaired) electrons. The molecule has 0 saturated carbocycles. The van der Waals surface area contributed by atoms with Gasteiger partial charge in [0.25, 0.3) is 0 Å². The molecule has 0 aromatic carbocycles. The van der Waals surface area contributed by atoms with Gasteiger partial charge in [0.05, 0.1) is 7.11 Å². The molecule has 102 valence electrons. The smallest absolute Gasteiger partial charge is 0.179 e. The van der Waals surface area contributed by atoms with Crippen LogP contribution < -0.4 is 16.0 Å². The predicted octanol–water partition coefficient (Wildman–Crippen LogP) is 0.994. The summed E-state index contributed by atoms with van der Waals surface area (Å²) >= 11 is 0. The number of aromatic nitrogens is 1. The quantitative estimate of drug-likeness (QED) is 0.410. The van der Waals surface area contributed by atoms with E-state index in [1.165, 1.54) is 0 Å². The minimum atomic E-state index is -0.506. The number of nitrogens with two attached hydrogens (primary N) is 1. The van der Waals surface area contributed by atoms with Gasteiger partial charge in [0.2, 0.25) is 0 Å². The van der Waals surface area contributed by atoms with E-state index in [2.05, 4.69) is 10.4 Å². The van der Waals surface area contributed by atoms with Crippen molar-refractivity contribution in [3.63, 3.8) is 0 Å². The summed E-state index contributed by atoms with van der Waals surface area (Å²) in [6, 6.07) is 3.23. The molecule has 0 amide bonds. The van der Waals surface area contributed by atoms with Gasteiger partial charge in [-0.15, -0.1) is 0 Å². The van der Waals surface area contributed by atoms with Crippen molar-refractivity contribution in [2.75, 3.05) is 20.3 Å². The van der Waals surface area contributed by atoms with E-state index in [4.69, 9.17) is 20.1 Å². The zero-order valence-corrected chi connectivity index (χ0v) is 11.1. The number of rotatable bonds is 8. The predicted molar refractivity (Wildman–Crippen MR) is 67.9 cm³/mol. The molecule has 0 aliphatic carbocycles. The summed E-state index contributed by atoms with van der Waals surface area (Å²) < 4.78 is 16.3. The lowest BCUT2D eigenvalue weighted by Gasteiger charge is -2.26. The molecular formula is C12H21N3O3. The van der Waals surface area contributed by atoms with Crippen molar-refractivity contribution < 1.29 is 14.2 Å². The van der Waals surface area contributed by atoms with E-state index in [0.717, 1.165) is 0 Å². The Bertz CT molecular complexity index is 343. The number of methoxy groups -OCH3 is 1. The van der Waals surface area contributed by atoms with Crippen LogP contribution in [-0.2, 0) is 9.47 Å². The van der Waals surface area contributed by atoms with Gasteiger partial charge in [-0.05, 0) is 26.0 Å². The molecule has 6 heteroatoms. The van der Waals surface area contributed by atoms with Crippen LogP contribution in [0.1, 0.15) is 25.6 Å². The van der Waals surface area contributed by atoms with E-state index >= 15 is 0 Å². The molecule has 1 rings (SSSR count). The summed E-state index contributed by atoms with van der Waals surface area (Å²) in [6.45, 7) is 4.85. The zero-order valence-electron chi connectivity index (χ0n) is 11.1. The molecule has 3 N–H and O–H groups in total. The first-order valence-corrected chi connectivity index (χ1v) is 5.96. The van der Waals surface area contributed by atoms with Crippen molar-refractivity contribution in [1.29, 1.82) is 0 Å². The normalized spacial score (nSPS) is 12.7. The van der Waals surface area contributed by atoms with Gasteiger partial charge in [-0.2, -0.15) is 0 Å². The first-order valence-electron chi connectivity index (χ1n) is 5.96. The molecule has 0 fully saturated rings. The number of ether oxygens (including phenoxy) is 3. The highest BCUT2D eigenvalue weighted by Crippen LogP contribution is 2.26. The van der Waals surface area contributed by atoms with Crippen LogP contribution in [0.2, 0.25) is 0 Å². The Hall–Kier alpha value is -1.21. The Balaban J connectivity index is 2.98. The van der Waals surface area contributed by atoms with Crippen molar-refractivity contribution >= 4 is 0 Å². The Morgan fingerprint density at radius 3 is 2.50 bits per heavy atom. The van der Waals surface area contributed by atoms with Crippen LogP contribution in [0, 0.1) is 0 Å². The molecule has 1 atom stereocenters. The van der Waals surface area contributed by atoms with Crippen LogP contribution >= 0.6 is 0 Å². The fraction of sp³-hybridized carbons (Fsp3) is 0.583. The molecule has 0 bridgehead atoms. The lowest BCUT2D eigenvalue weighted by atomic mass is 10.1. The topological polar surface area (TPSA) is 78.6 Å². The first kappa shape index (κ1) is 14.8. The molecule has 1 aromatic rings. The molecule has 1 unspecified atom stereocenters. The maximum atomic E-state index is 5.58. The van der Waals surface area contributed by atoms with Gasteiger partial charge < -0.3 is 14.2 Å². The minimum Gasteiger partial charge on any atom is -0.495 e.